The summed E-state index contributed by atoms with van der Waals surface area (Å²) in [6.07, 6.45) is 2.07. The Morgan fingerprint density at radius 2 is 2.06 bits per heavy atom. The van der Waals surface area contributed by atoms with E-state index in [4.69, 9.17) is 0 Å². The Labute approximate surface area is 106 Å². The van der Waals surface area contributed by atoms with Crippen molar-refractivity contribution in [2.24, 2.45) is 5.92 Å². The first kappa shape index (κ1) is 12.6. The van der Waals surface area contributed by atoms with Gasteiger partial charge in [-0.05, 0) is 24.1 Å². The Hall–Kier alpha value is -1.84. The van der Waals surface area contributed by atoms with Crippen LogP contribution in [0, 0.1) is 11.7 Å². The van der Waals surface area contributed by atoms with E-state index >= 15 is 0 Å². The van der Waals surface area contributed by atoms with Crippen LogP contribution in [0.3, 0.4) is 0 Å². The number of carbonyl (C=O) groups excluding carboxylic acids is 1. The summed E-state index contributed by atoms with van der Waals surface area (Å²) < 4.78 is 12.8. The third-order valence-corrected chi connectivity index (χ3v) is 3.22. The average molecular weight is 249 g/mol. The fourth-order valence-electron chi connectivity index (χ4n) is 2.08. The molecule has 0 saturated heterocycles. The molecule has 3 nitrogen and oxygen atoms in total. The number of aliphatic hydroxyl groups excluding tert-OH is 1. The van der Waals surface area contributed by atoms with E-state index < -0.39 is 0 Å². The minimum absolute atomic E-state index is 0.00292. The second-order valence-electron chi connectivity index (χ2n) is 4.52. The topological polar surface area (TPSA) is 40.5 Å². The van der Waals surface area contributed by atoms with Crippen LogP contribution in [-0.4, -0.2) is 22.5 Å². The number of hydrogen-bond donors (Lipinski definition) is 1. The van der Waals surface area contributed by atoms with Crippen molar-refractivity contribution in [2.45, 2.75) is 19.9 Å². The third-order valence-electron chi connectivity index (χ3n) is 3.22. The van der Waals surface area contributed by atoms with Gasteiger partial charge in [0.25, 0.3) is 0 Å². The van der Waals surface area contributed by atoms with Crippen LogP contribution >= 0.6 is 0 Å². The van der Waals surface area contributed by atoms with Gasteiger partial charge in [0.2, 0.25) is 5.91 Å². The number of amides is 1. The highest BCUT2D eigenvalue weighted by atomic mass is 19.1. The van der Waals surface area contributed by atoms with E-state index in [0.717, 1.165) is 12.0 Å². The quantitative estimate of drug-likeness (QED) is 0.894. The maximum absolute atomic E-state index is 12.8. The van der Waals surface area contributed by atoms with Crippen molar-refractivity contribution in [3.05, 3.63) is 47.5 Å². The van der Waals surface area contributed by atoms with E-state index in [1.54, 1.807) is 17.0 Å². The van der Waals surface area contributed by atoms with Crippen molar-refractivity contribution in [3.8, 4) is 0 Å². The first-order valence-corrected chi connectivity index (χ1v) is 6.04. The lowest BCUT2D eigenvalue weighted by Crippen LogP contribution is -2.38. The largest absolute Gasteiger partial charge is 0.512 e. The van der Waals surface area contributed by atoms with Crippen molar-refractivity contribution in [2.75, 3.05) is 6.54 Å². The number of aliphatic hydroxyl groups is 1. The molecule has 18 heavy (non-hydrogen) atoms. The van der Waals surface area contributed by atoms with Crippen molar-refractivity contribution < 1.29 is 14.3 Å². The molecule has 1 amide bonds. The Morgan fingerprint density at radius 3 is 2.67 bits per heavy atom. The Kier molecular flexibility index (Phi) is 3.65. The van der Waals surface area contributed by atoms with Gasteiger partial charge in [-0.1, -0.05) is 19.1 Å². The SMILES string of the molecule is CCC1CN(Cc2ccc(F)cc2)C(=O)C=C1O. The van der Waals surface area contributed by atoms with Crippen molar-refractivity contribution in [1.82, 2.24) is 4.90 Å². The average Bonchev–Trinajstić information content (AvgIpc) is 2.35. The van der Waals surface area contributed by atoms with Crippen molar-refractivity contribution >= 4 is 5.91 Å². The number of benzene rings is 1. The van der Waals surface area contributed by atoms with E-state index in [-0.39, 0.29) is 23.4 Å². The van der Waals surface area contributed by atoms with Crippen molar-refractivity contribution in [1.29, 1.82) is 0 Å². The molecule has 0 spiro atoms. The van der Waals surface area contributed by atoms with Gasteiger partial charge in [-0.3, -0.25) is 4.79 Å². The molecule has 1 N–H and O–H groups in total. The van der Waals surface area contributed by atoms with Gasteiger partial charge in [0.15, 0.2) is 0 Å². The van der Waals surface area contributed by atoms with Gasteiger partial charge in [-0.15, -0.1) is 0 Å². The zero-order chi connectivity index (χ0) is 13.1. The predicted molar refractivity (Wildman–Crippen MR) is 66.3 cm³/mol. The molecular weight excluding hydrogens is 233 g/mol. The second kappa shape index (κ2) is 5.21. The molecule has 1 aliphatic rings. The fraction of sp³-hybridized carbons (Fsp3) is 0.357. The molecule has 0 aliphatic carbocycles. The van der Waals surface area contributed by atoms with Crippen LogP contribution in [0.2, 0.25) is 0 Å². The van der Waals surface area contributed by atoms with Gasteiger partial charge in [-0.25, -0.2) is 4.39 Å². The van der Waals surface area contributed by atoms with Gasteiger partial charge < -0.3 is 10.0 Å². The molecule has 1 aromatic rings. The van der Waals surface area contributed by atoms with Crippen LogP contribution in [0.25, 0.3) is 0 Å². The van der Waals surface area contributed by atoms with Crippen LogP contribution in [0.5, 0.6) is 0 Å². The summed E-state index contributed by atoms with van der Waals surface area (Å²) in [5.74, 6) is -0.310. The van der Waals surface area contributed by atoms with E-state index in [1.807, 2.05) is 6.92 Å². The predicted octanol–water partition coefficient (Wildman–Crippen LogP) is 2.64. The summed E-state index contributed by atoms with van der Waals surface area (Å²) >= 11 is 0. The molecule has 4 heteroatoms. The van der Waals surface area contributed by atoms with Crippen LogP contribution < -0.4 is 0 Å². The molecule has 0 bridgehead atoms. The van der Waals surface area contributed by atoms with Gasteiger partial charge in [0.05, 0.1) is 0 Å². The first-order valence-electron chi connectivity index (χ1n) is 6.04. The smallest absolute Gasteiger partial charge is 0.250 e. The normalized spacial score (nSPS) is 19.9. The van der Waals surface area contributed by atoms with Gasteiger partial charge in [0, 0.05) is 25.1 Å². The van der Waals surface area contributed by atoms with Gasteiger partial charge >= 0.3 is 0 Å². The molecule has 0 radical (unpaired) electrons. The maximum atomic E-state index is 12.8. The van der Waals surface area contributed by atoms with Gasteiger partial charge in [-0.2, -0.15) is 0 Å². The lowest BCUT2D eigenvalue weighted by atomic mass is 9.99. The molecule has 1 unspecified atom stereocenters. The number of rotatable bonds is 3. The zero-order valence-electron chi connectivity index (χ0n) is 10.3. The van der Waals surface area contributed by atoms with E-state index in [0.29, 0.717) is 13.1 Å². The first-order chi connectivity index (χ1) is 8.60. The minimum atomic E-state index is -0.285. The summed E-state index contributed by atoms with van der Waals surface area (Å²) in [6.45, 7) is 2.93. The molecule has 2 rings (SSSR count). The summed E-state index contributed by atoms with van der Waals surface area (Å²) in [5, 5.41) is 9.62. The maximum Gasteiger partial charge on any atom is 0.250 e. The fourth-order valence-corrected chi connectivity index (χ4v) is 2.08. The number of carbonyl (C=O) groups is 1. The van der Waals surface area contributed by atoms with Crippen molar-refractivity contribution in [3.63, 3.8) is 0 Å². The summed E-state index contributed by atoms with van der Waals surface area (Å²) in [5.41, 5.74) is 0.884. The van der Waals surface area contributed by atoms with E-state index in [2.05, 4.69) is 0 Å². The highest BCUT2D eigenvalue weighted by Crippen LogP contribution is 2.21. The third kappa shape index (κ3) is 2.70. The lowest BCUT2D eigenvalue weighted by molar-refractivity contribution is -0.128. The van der Waals surface area contributed by atoms with Gasteiger partial charge in [0.1, 0.15) is 11.6 Å². The zero-order valence-corrected chi connectivity index (χ0v) is 10.3. The Morgan fingerprint density at radius 1 is 1.39 bits per heavy atom. The summed E-state index contributed by atoms with van der Waals surface area (Å²) in [7, 11) is 0. The molecule has 0 saturated carbocycles. The highest BCUT2D eigenvalue weighted by molar-refractivity contribution is 5.89. The molecule has 1 atom stereocenters. The van der Waals surface area contributed by atoms with Crippen LogP contribution in [0.15, 0.2) is 36.1 Å². The molecule has 0 fully saturated rings. The molecule has 1 aromatic carbocycles. The number of nitrogens with zero attached hydrogens (tertiary/aromatic N) is 1. The molecule has 96 valence electrons. The molecular formula is C14H16FNO2. The standard InChI is InChI=1S/C14H16FNO2/c1-2-11-9-16(14(18)7-13(11)17)8-10-3-5-12(15)6-4-10/h3-7,11,17H,2,8-9H2,1H3. The summed E-state index contributed by atoms with van der Waals surface area (Å²) in [6, 6.07) is 6.10. The molecule has 1 aliphatic heterocycles. The Balaban J connectivity index is 2.10. The Bertz CT molecular complexity index is 467. The molecule has 1 heterocycles. The van der Waals surface area contributed by atoms with Crippen LogP contribution in [0.4, 0.5) is 4.39 Å². The molecule has 0 aromatic heterocycles. The summed E-state index contributed by atoms with van der Waals surface area (Å²) in [4.78, 5) is 13.4. The second-order valence-corrected chi connectivity index (χ2v) is 4.52. The highest BCUT2D eigenvalue weighted by Gasteiger charge is 2.25. The van der Waals surface area contributed by atoms with E-state index in [1.165, 1.54) is 18.2 Å². The number of halogens is 1. The van der Waals surface area contributed by atoms with Crippen LogP contribution in [0.1, 0.15) is 18.9 Å². The minimum Gasteiger partial charge on any atom is -0.512 e. The lowest BCUT2D eigenvalue weighted by Gasteiger charge is -2.30. The van der Waals surface area contributed by atoms with Crippen LogP contribution in [-0.2, 0) is 11.3 Å². The monoisotopic (exact) mass is 249 g/mol. The van der Waals surface area contributed by atoms with E-state index in [9.17, 15) is 14.3 Å². The number of hydrogen-bond acceptors (Lipinski definition) is 2.